The standard InChI is InChI=1S/C25H24F3N3O2/c26-25(27,28)21-8-6-20(7-9-21)22-15-23(32)31(17-29-22)16-24(33)30-12-10-19(11-13-30)14-18-4-2-1-3-5-18/h1-9,15,17,19H,10-14,16H2. The van der Waals surface area contributed by atoms with Gasteiger partial charge in [0.2, 0.25) is 5.91 Å². The van der Waals surface area contributed by atoms with Crippen LogP contribution in [0.25, 0.3) is 11.3 Å². The Hall–Kier alpha value is -3.42. The van der Waals surface area contributed by atoms with E-state index >= 15 is 0 Å². The zero-order valence-electron chi connectivity index (χ0n) is 18.0. The van der Waals surface area contributed by atoms with E-state index in [0.29, 0.717) is 24.6 Å². The van der Waals surface area contributed by atoms with E-state index in [1.54, 1.807) is 4.90 Å². The SMILES string of the molecule is O=C(Cn1cnc(-c2ccc(C(F)(F)F)cc2)cc1=O)N1CCC(Cc2ccccc2)CC1. The van der Waals surface area contributed by atoms with Crippen LogP contribution in [0.4, 0.5) is 13.2 Å². The molecule has 0 N–H and O–H groups in total. The summed E-state index contributed by atoms with van der Waals surface area (Å²) < 4.78 is 39.4. The average molecular weight is 455 g/mol. The molecule has 1 aromatic heterocycles. The molecule has 0 aliphatic carbocycles. The highest BCUT2D eigenvalue weighted by Gasteiger charge is 2.30. The summed E-state index contributed by atoms with van der Waals surface area (Å²) in [4.78, 5) is 31.1. The highest BCUT2D eigenvalue weighted by atomic mass is 19.4. The molecular formula is C25H24F3N3O2. The summed E-state index contributed by atoms with van der Waals surface area (Å²) >= 11 is 0. The van der Waals surface area contributed by atoms with E-state index < -0.39 is 17.3 Å². The fourth-order valence-corrected chi connectivity index (χ4v) is 4.11. The summed E-state index contributed by atoms with van der Waals surface area (Å²) in [5.41, 5.74) is 0.774. The van der Waals surface area contributed by atoms with Gasteiger partial charge in [0.25, 0.3) is 5.56 Å². The van der Waals surface area contributed by atoms with Crippen molar-refractivity contribution in [1.82, 2.24) is 14.5 Å². The third-order valence-corrected chi connectivity index (χ3v) is 6.03. The molecule has 0 saturated carbocycles. The van der Waals surface area contributed by atoms with Gasteiger partial charge in [0.15, 0.2) is 0 Å². The Morgan fingerprint density at radius 2 is 1.67 bits per heavy atom. The quantitative estimate of drug-likeness (QED) is 0.573. The smallest absolute Gasteiger partial charge is 0.341 e. The van der Waals surface area contributed by atoms with Crippen molar-refractivity contribution in [1.29, 1.82) is 0 Å². The summed E-state index contributed by atoms with van der Waals surface area (Å²) in [6.07, 6.45) is -0.319. The van der Waals surface area contributed by atoms with Crippen molar-refractivity contribution >= 4 is 5.91 Å². The van der Waals surface area contributed by atoms with Crippen LogP contribution in [-0.4, -0.2) is 33.4 Å². The molecule has 1 amide bonds. The molecule has 1 fully saturated rings. The molecule has 1 saturated heterocycles. The lowest BCUT2D eigenvalue weighted by atomic mass is 9.90. The summed E-state index contributed by atoms with van der Waals surface area (Å²) in [6, 6.07) is 16.0. The van der Waals surface area contributed by atoms with E-state index in [9.17, 15) is 22.8 Å². The zero-order valence-corrected chi connectivity index (χ0v) is 18.0. The van der Waals surface area contributed by atoms with Crippen molar-refractivity contribution in [3.05, 3.63) is 88.5 Å². The second kappa shape index (κ2) is 9.60. The number of rotatable bonds is 5. The number of benzene rings is 2. The highest BCUT2D eigenvalue weighted by Crippen LogP contribution is 2.30. The summed E-state index contributed by atoms with van der Waals surface area (Å²) in [5.74, 6) is 0.392. The molecule has 0 radical (unpaired) electrons. The number of halogens is 3. The van der Waals surface area contributed by atoms with Gasteiger partial charge in [-0.15, -0.1) is 0 Å². The van der Waals surface area contributed by atoms with Crippen molar-refractivity contribution in [3.8, 4) is 11.3 Å². The molecule has 0 atom stereocenters. The van der Waals surface area contributed by atoms with Gasteiger partial charge >= 0.3 is 6.18 Å². The Morgan fingerprint density at radius 3 is 2.27 bits per heavy atom. The van der Waals surface area contributed by atoms with E-state index in [-0.39, 0.29) is 18.1 Å². The van der Waals surface area contributed by atoms with Gasteiger partial charge in [0.1, 0.15) is 6.54 Å². The monoisotopic (exact) mass is 455 g/mol. The van der Waals surface area contributed by atoms with Crippen LogP contribution in [0.5, 0.6) is 0 Å². The van der Waals surface area contributed by atoms with Crippen molar-refractivity contribution in [2.24, 2.45) is 5.92 Å². The number of likely N-dealkylation sites (tertiary alicyclic amines) is 1. The maximum Gasteiger partial charge on any atom is 0.416 e. The first kappa shape index (κ1) is 22.8. The predicted octanol–water partition coefficient (Wildman–Crippen LogP) is 4.41. The maximum atomic E-state index is 12.7. The van der Waals surface area contributed by atoms with Crippen LogP contribution in [0, 0.1) is 5.92 Å². The Kier molecular flexibility index (Phi) is 6.62. The number of amides is 1. The highest BCUT2D eigenvalue weighted by molar-refractivity contribution is 5.76. The number of carbonyl (C=O) groups is 1. The van der Waals surface area contributed by atoms with Crippen LogP contribution < -0.4 is 5.56 Å². The largest absolute Gasteiger partial charge is 0.416 e. The van der Waals surface area contributed by atoms with Gasteiger partial charge in [-0.1, -0.05) is 42.5 Å². The van der Waals surface area contributed by atoms with Crippen molar-refractivity contribution in [2.45, 2.75) is 32.0 Å². The Bertz CT molecular complexity index is 1150. The summed E-state index contributed by atoms with van der Waals surface area (Å²) in [6.45, 7) is 1.20. The minimum atomic E-state index is -4.42. The van der Waals surface area contributed by atoms with Crippen LogP contribution >= 0.6 is 0 Å². The Morgan fingerprint density at radius 1 is 1.00 bits per heavy atom. The van der Waals surface area contributed by atoms with Gasteiger partial charge in [0, 0.05) is 24.7 Å². The molecule has 3 aromatic rings. The lowest BCUT2D eigenvalue weighted by Gasteiger charge is -2.32. The number of aromatic nitrogens is 2. The number of nitrogens with zero attached hydrogens (tertiary/aromatic N) is 3. The first-order chi connectivity index (χ1) is 15.8. The van der Waals surface area contributed by atoms with Gasteiger partial charge in [-0.3, -0.25) is 14.2 Å². The topological polar surface area (TPSA) is 55.2 Å². The van der Waals surface area contributed by atoms with Gasteiger partial charge in [0.05, 0.1) is 17.6 Å². The second-order valence-corrected chi connectivity index (χ2v) is 8.33. The lowest BCUT2D eigenvalue weighted by molar-refractivity contribution is -0.137. The molecule has 0 unspecified atom stereocenters. The number of piperidine rings is 1. The van der Waals surface area contributed by atoms with E-state index in [4.69, 9.17) is 0 Å². The average Bonchev–Trinajstić information content (AvgIpc) is 2.81. The molecule has 5 nitrogen and oxygen atoms in total. The predicted molar refractivity (Wildman–Crippen MR) is 118 cm³/mol. The van der Waals surface area contributed by atoms with Gasteiger partial charge in [-0.2, -0.15) is 13.2 Å². The third-order valence-electron chi connectivity index (χ3n) is 6.03. The molecular weight excluding hydrogens is 431 g/mol. The Balaban J connectivity index is 1.35. The molecule has 2 aromatic carbocycles. The minimum absolute atomic E-state index is 0.109. The number of hydrogen-bond acceptors (Lipinski definition) is 3. The van der Waals surface area contributed by atoms with Crippen LogP contribution in [0.3, 0.4) is 0 Å². The van der Waals surface area contributed by atoms with Gasteiger partial charge in [-0.05, 0) is 42.9 Å². The molecule has 172 valence electrons. The van der Waals surface area contributed by atoms with Crippen LogP contribution in [0.1, 0.15) is 24.0 Å². The second-order valence-electron chi connectivity index (χ2n) is 8.33. The summed E-state index contributed by atoms with van der Waals surface area (Å²) in [5, 5.41) is 0. The van der Waals surface area contributed by atoms with Crippen LogP contribution in [0.15, 0.2) is 71.8 Å². The number of hydrogen-bond donors (Lipinski definition) is 0. The van der Waals surface area contributed by atoms with E-state index in [0.717, 1.165) is 31.4 Å². The number of carbonyl (C=O) groups excluding carboxylic acids is 1. The molecule has 33 heavy (non-hydrogen) atoms. The normalized spacial score (nSPS) is 14.9. The lowest BCUT2D eigenvalue weighted by Crippen LogP contribution is -2.41. The van der Waals surface area contributed by atoms with Gasteiger partial charge < -0.3 is 4.90 Å². The van der Waals surface area contributed by atoms with Crippen molar-refractivity contribution in [3.63, 3.8) is 0 Å². The fraction of sp³-hybridized carbons (Fsp3) is 0.320. The van der Waals surface area contributed by atoms with Gasteiger partial charge in [-0.25, -0.2) is 4.98 Å². The Labute approximate surface area is 189 Å². The fourth-order valence-electron chi connectivity index (χ4n) is 4.11. The van der Waals surface area contributed by atoms with Crippen LogP contribution in [0.2, 0.25) is 0 Å². The molecule has 4 rings (SSSR count). The summed E-state index contributed by atoms with van der Waals surface area (Å²) in [7, 11) is 0. The van der Waals surface area contributed by atoms with E-state index in [2.05, 4.69) is 17.1 Å². The molecule has 2 heterocycles. The molecule has 0 bridgehead atoms. The zero-order chi connectivity index (χ0) is 23.4. The third kappa shape index (κ3) is 5.69. The van der Waals surface area contributed by atoms with Crippen molar-refractivity contribution < 1.29 is 18.0 Å². The van der Waals surface area contributed by atoms with E-state index in [1.165, 1.54) is 34.7 Å². The molecule has 0 spiro atoms. The van der Waals surface area contributed by atoms with Crippen LogP contribution in [-0.2, 0) is 23.9 Å². The maximum absolute atomic E-state index is 12.7. The van der Waals surface area contributed by atoms with Crippen molar-refractivity contribution in [2.75, 3.05) is 13.1 Å². The minimum Gasteiger partial charge on any atom is -0.341 e. The molecule has 1 aliphatic heterocycles. The first-order valence-corrected chi connectivity index (χ1v) is 10.9. The molecule has 1 aliphatic rings. The first-order valence-electron chi connectivity index (χ1n) is 10.9. The molecule has 8 heteroatoms. The van der Waals surface area contributed by atoms with E-state index in [1.807, 2.05) is 18.2 Å². The number of alkyl halides is 3.